The Kier molecular flexibility index (Phi) is 4.89. The average Bonchev–Trinajstić information content (AvgIpc) is 2.82. The van der Waals surface area contributed by atoms with Crippen LogP contribution in [0.1, 0.15) is 12.5 Å². The summed E-state index contributed by atoms with van der Waals surface area (Å²) < 4.78 is 0. The van der Waals surface area contributed by atoms with E-state index in [0.29, 0.717) is 16.3 Å². The molecule has 2 aromatic carbocycles. The van der Waals surface area contributed by atoms with E-state index < -0.39 is 29.9 Å². The van der Waals surface area contributed by atoms with Gasteiger partial charge in [-0.3, -0.25) is 14.5 Å². The number of anilines is 1. The van der Waals surface area contributed by atoms with Crippen molar-refractivity contribution in [1.29, 1.82) is 0 Å². The highest BCUT2D eigenvalue weighted by molar-refractivity contribution is 6.36. The number of urea groups is 1. The molecule has 26 heavy (non-hydrogen) atoms. The van der Waals surface area contributed by atoms with Gasteiger partial charge in [-0.05, 0) is 30.7 Å². The third kappa shape index (κ3) is 3.38. The van der Waals surface area contributed by atoms with Crippen LogP contribution in [0.15, 0.2) is 48.5 Å². The van der Waals surface area contributed by atoms with E-state index in [4.69, 9.17) is 23.2 Å². The Morgan fingerprint density at radius 1 is 1.15 bits per heavy atom. The predicted molar refractivity (Wildman–Crippen MR) is 99.1 cm³/mol. The lowest BCUT2D eigenvalue weighted by atomic mass is 9.92. The summed E-state index contributed by atoms with van der Waals surface area (Å²) in [6.45, 7) is 1.18. The number of benzene rings is 2. The molecule has 0 radical (unpaired) electrons. The van der Waals surface area contributed by atoms with Gasteiger partial charge in [-0.15, -0.1) is 0 Å². The van der Waals surface area contributed by atoms with Crippen molar-refractivity contribution in [3.8, 4) is 0 Å². The van der Waals surface area contributed by atoms with Crippen molar-refractivity contribution >= 4 is 46.7 Å². The number of nitrogens with zero attached hydrogens (tertiary/aromatic N) is 1. The standard InChI is InChI=1S/C18H15Cl2N3O3/c1-18(11-5-3-2-4-6-11)16(25)23(17(26)22-18)10-15(24)21-14-8-7-12(19)9-13(14)20/h2-9H,10H2,1H3,(H,21,24)(H,22,26). The zero-order chi connectivity index (χ0) is 18.9. The molecule has 0 spiro atoms. The van der Waals surface area contributed by atoms with Crippen molar-refractivity contribution in [2.75, 3.05) is 11.9 Å². The van der Waals surface area contributed by atoms with Gasteiger partial charge in [0.25, 0.3) is 5.91 Å². The normalized spacial score (nSPS) is 19.4. The van der Waals surface area contributed by atoms with Crippen LogP contribution in [0, 0.1) is 0 Å². The highest BCUT2D eigenvalue weighted by Crippen LogP contribution is 2.29. The van der Waals surface area contributed by atoms with Crippen LogP contribution in [-0.2, 0) is 15.1 Å². The lowest BCUT2D eigenvalue weighted by Crippen LogP contribution is -2.42. The fourth-order valence-electron chi connectivity index (χ4n) is 2.73. The van der Waals surface area contributed by atoms with Gasteiger partial charge in [-0.2, -0.15) is 0 Å². The van der Waals surface area contributed by atoms with Crippen LogP contribution in [0.25, 0.3) is 0 Å². The molecular weight excluding hydrogens is 377 g/mol. The highest BCUT2D eigenvalue weighted by atomic mass is 35.5. The summed E-state index contributed by atoms with van der Waals surface area (Å²) in [5.74, 6) is -1.04. The van der Waals surface area contributed by atoms with Crippen LogP contribution in [0.3, 0.4) is 0 Å². The fraction of sp³-hybridized carbons (Fsp3) is 0.167. The molecule has 8 heteroatoms. The summed E-state index contributed by atoms with van der Waals surface area (Å²) in [4.78, 5) is 38.1. The van der Waals surface area contributed by atoms with Crippen LogP contribution in [0.2, 0.25) is 10.0 Å². The van der Waals surface area contributed by atoms with E-state index in [1.54, 1.807) is 43.3 Å². The number of nitrogens with one attached hydrogen (secondary N) is 2. The molecule has 2 aromatic rings. The Bertz CT molecular complexity index is 889. The number of amides is 4. The summed E-state index contributed by atoms with van der Waals surface area (Å²) >= 11 is 11.8. The van der Waals surface area contributed by atoms with E-state index in [-0.39, 0.29) is 5.02 Å². The minimum absolute atomic E-state index is 0.261. The molecule has 1 aliphatic heterocycles. The van der Waals surface area contributed by atoms with Crippen LogP contribution in [-0.4, -0.2) is 29.3 Å². The Morgan fingerprint density at radius 3 is 2.50 bits per heavy atom. The van der Waals surface area contributed by atoms with Gasteiger partial charge in [0, 0.05) is 5.02 Å². The van der Waals surface area contributed by atoms with Gasteiger partial charge in [-0.25, -0.2) is 4.79 Å². The Labute approximate surface area is 160 Å². The molecule has 1 unspecified atom stereocenters. The van der Waals surface area contributed by atoms with E-state index in [1.807, 2.05) is 6.07 Å². The lowest BCUT2D eigenvalue weighted by molar-refractivity contribution is -0.133. The number of hydrogen-bond acceptors (Lipinski definition) is 3. The molecule has 0 saturated carbocycles. The summed E-state index contributed by atoms with van der Waals surface area (Å²) in [6, 6.07) is 12.8. The van der Waals surface area contributed by atoms with E-state index in [0.717, 1.165) is 4.90 Å². The van der Waals surface area contributed by atoms with E-state index in [2.05, 4.69) is 10.6 Å². The molecule has 1 heterocycles. The van der Waals surface area contributed by atoms with Gasteiger partial charge < -0.3 is 10.6 Å². The monoisotopic (exact) mass is 391 g/mol. The second-order valence-electron chi connectivity index (χ2n) is 5.98. The van der Waals surface area contributed by atoms with Crippen LogP contribution in [0.5, 0.6) is 0 Å². The van der Waals surface area contributed by atoms with E-state index >= 15 is 0 Å². The van der Waals surface area contributed by atoms with Crippen molar-refractivity contribution in [2.24, 2.45) is 0 Å². The van der Waals surface area contributed by atoms with Gasteiger partial charge in [0.2, 0.25) is 5.91 Å². The molecule has 3 rings (SSSR count). The second-order valence-corrected chi connectivity index (χ2v) is 6.83. The van der Waals surface area contributed by atoms with Crippen LogP contribution < -0.4 is 10.6 Å². The predicted octanol–water partition coefficient (Wildman–Crippen LogP) is 3.40. The Hall–Kier alpha value is -2.57. The summed E-state index contributed by atoms with van der Waals surface area (Å²) in [5, 5.41) is 5.91. The van der Waals surface area contributed by atoms with Gasteiger partial charge in [0.1, 0.15) is 12.1 Å². The average molecular weight is 392 g/mol. The minimum Gasteiger partial charge on any atom is -0.323 e. The summed E-state index contributed by atoms with van der Waals surface area (Å²) in [7, 11) is 0. The van der Waals surface area contributed by atoms with E-state index in [9.17, 15) is 14.4 Å². The van der Waals surface area contributed by atoms with Crippen molar-refractivity contribution in [3.05, 3.63) is 64.1 Å². The molecule has 0 aromatic heterocycles. The third-order valence-corrected chi connectivity index (χ3v) is 4.68. The Morgan fingerprint density at radius 2 is 1.85 bits per heavy atom. The molecule has 1 fully saturated rings. The lowest BCUT2D eigenvalue weighted by Gasteiger charge is -2.22. The number of halogens is 2. The molecule has 2 N–H and O–H groups in total. The maximum absolute atomic E-state index is 12.8. The van der Waals surface area contributed by atoms with Crippen molar-refractivity contribution in [3.63, 3.8) is 0 Å². The first-order valence-electron chi connectivity index (χ1n) is 7.76. The molecule has 4 amide bonds. The van der Waals surface area contributed by atoms with Gasteiger partial charge in [0.05, 0.1) is 10.7 Å². The molecule has 1 aliphatic rings. The van der Waals surface area contributed by atoms with Crippen LogP contribution in [0.4, 0.5) is 10.5 Å². The van der Waals surface area contributed by atoms with Crippen molar-refractivity contribution in [1.82, 2.24) is 10.2 Å². The molecule has 0 aliphatic carbocycles. The second kappa shape index (κ2) is 6.97. The smallest absolute Gasteiger partial charge is 0.323 e. The minimum atomic E-state index is -1.21. The number of carbonyl (C=O) groups excluding carboxylic acids is 3. The van der Waals surface area contributed by atoms with E-state index in [1.165, 1.54) is 6.07 Å². The molecule has 1 saturated heterocycles. The third-order valence-electron chi connectivity index (χ3n) is 4.13. The Balaban J connectivity index is 1.74. The number of carbonyl (C=O) groups is 3. The maximum Gasteiger partial charge on any atom is 0.325 e. The number of rotatable bonds is 4. The first-order chi connectivity index (χ1) is 12.3. The van der Waals surface area contributed by atoms with Crippen molar-refractivity contribution < 1.29 is 14.4 Å². The topological polar surface area (TPSA) is 78.5 Å². The summed E-state index contributed by atoms with van der Waals surface area (Å²) in [5.41, 5.74) is -0.225. The zero-order valence-corrected chi connectivity index (χ0v) is 15.3. The van der Waals surface area contributed by atoms with Gasteiger partial charge in [-0.1, -0.05) is 53.5 Å². The quantitative estimate of drug-likeness (QED) is 0.783. The molecule has 1 atom stereocenters. The number of hydrogen-bond donors (Lipinski definition) is 2. The molecule has 6 nitrogen and oxygen atoms in total. The molecule has 134 valence electrons. The van der Waals surface area contributed by atoms with Gasteiger partial charge >= 0.3 is 6.03 Å². The zero-order valence-electron chi connectivity index (χ0n) is 13.8. The highest BCUT2D eigenvalue weighted by Gasteiger charge is 2.49. The largest absolute Gasteiger partial charge is 0.325 e. The van der Waals surface area contributed by atoms with Crippen molar-refractivity contribution in [2.45, 2.75) is 12.5 Å². The molecular formula is C18H15Cl2N3O3. The number of imide groups is 1. The first kappa shape index (κ1) is 18.2. The van der Waals surface area contributed by atoms with Crippen LogP contribution >= 0.6 is 23.2 Å². The summed E-state index contributed by atoms with van der Waals surface area (Å²) in [6.07, 6.45) is 0. The maximum atomic E-state index is 12.8. The molecule has 0 bridgehead atoms. The fourth-order valence-corrected chi connectivity index (χ4v) is 3.19. The van der Waals surface area contributed by atoms with Gasteiger partial charge in [0.15, 0.2) is 0 Å². The SMILES string of the molecule is CC1(c2ccccc2)NC(=O)N(CC(=O)Nc2ccc(Cl)cc2Cl)C1=O. The first-order valence-corrected chi connectivity index (χ1v) is 8.51.